The molecule has 30 heavy (non-hydrogen) atoms. The number of ether oxygens (including phenoxy) is 3. The van der Waals surface area contributed by atoms with E-state index in [-0.39, 0.29) is 0 Å². The summed E-state index contributed by atoms with van der Waals surface area (Å²) in [5.41, 5.74) is 4.38. The van der Waals surface area contributed by atoms with Gasteiger partial charge in [-0.1, -0.05) is 61.7 Å². The molecule has 0 saturated carbocycles. The zero-order valence-electron chi connectivity index (χ0n) is 16.5. The molecule has 0 N–H and O–H groups in total. The highest BCUT2D eigenvalue weighted by atomic mass is 16.7. The fourth-order valence-electron chi connectivity index (χ4n) is 2.67. The molecule has 0 aromatic heterocycles. The van der Waals surface area contributed by atoms with E-state index in [1.54, 1.807) is 31.2 Å². The van der Waals surface area contributed by atoms with E-state index in [1.807, 2.05) is 48.5 Å². The molecule has 0 bridgehead atoms. The summed E-state index contributed by atoms with van der Waals surface area (Å²) >= 11 is 0. The molecule has 0 spiro atoms. The maximum absolute atomic E-state index is 11.6. The Balaban J connectivity index is 1.69. The largest absolute Gasteiger partial charge is 0.518 e. The van der Waals surface area contributed by atoms with Gasteiger partial charge in [0, 0.05) is 5.57 Å². The number of carbonyl (C=O) groups is 2. The van der Waals surface area contributed by atoms with E-state index in [0.29, 0.717) is 17.1 Å². The molecule has 5 nitrogen and oxygen atoms in total. The number of esters is 1. The van der Waals surface area contributed by atoms with Gasteiger partial charge >= 0.3 is 12.1 Å². The number of hydrogen-bond donors (Lipinski definition) is 0. The van der Waals surface area contributed by atoms with Gasteiger partial charge in [-0.3, -0.25) is 0 Å². The summed E-state index contributed by atoms with van der Waals surface area (Å²) < 4.78 is 14.7. The SMILES string of the molecule is C=COC(=O)Oc1ccc(-c2ccc(-c3ccc(OC(=O)C(=C)C)cc3)cc2)cc1. The molecular weight excluding hydrogens is 380 g/mol. The van der Waals surface area contributed by atoms with Crippen molar-refractivity contribution in [3.05, 3.63) is 97.8 Å². The first-order valence-corrected chi connectivity index (χ1v) is 9.14. The minimum atomic E-state index is -0.831. The summed E-state index contributed by atoms with van der Waals surface area (Å²) in [6.45, 7) is 8.48. The van der Waals surface area contributed by atoms with Gasteiger partial charge in [0.05, 0.1) is 6.26 Å². The molecule has 0 heterocycles. The highest BCUT2D eigenvalue weighted by Crippen LogP contribution is 2.27. The predicted molar refractivity (Wildman–Crippen MR) is 115 cm³/mol. The van der Waals surface area contributed by atoms with Crippen LogP contribution in [0.3, 0.4) is 0 Å². The van der Waals surface area contributed by atoms with Crippen molar-refractivity contribution >= 4 is 12.1 Å². The molecule has 3 aromatic carbocycles. The summed E-state index contributed by atoms with van der Waals surface area (Å²) in [6, 6.07) is 22.4. The van der Waals surface area contributed by atoms with Crippen LogP contribution in [-0.2, 0) is 9.53 Å². The molecule has 3 aromatic rings. The third-order valence-electron chi connectivity index (χ3n) is 4.20. The quantitative estimate of drug-likeness (QED) is 0.163. The number of benzene rings is 3. The molecule has 0 aliphatic heterocycles. The maximum Gasteiger partial charge on any atom is 0.518 e. The van der Waals surface area contributed by atoms with Crippen LogP contribution in [0.1, 0.15) is 6.92 Å². The van der Waals surface area contributed by atoms with Crippen molar-refractivity contribution in [1.82, 2.24) is 0 Å². The molecule has 0 atom stereocenters. The van der Waals surface area contributed by atoms with Crippen molar-refractivity contribution < 1.29 is 23.8 Å². The average molecular weight is 400 g/mol. The third-order valence-corrected chi connectivity index (χ3v) is 4.20. The van der Waals surface area contributed by atoms with E-state index >= 15 is 0 Å². The van der Waals surface area contributed by atoms with Crippen LogP contribution in [0.15, 0.2) is 97.8 Å². The van der Waals surface area contributed by atoms with Crippen LogP contribution in [0.5, 0.6) is 11.5 Å². The molecule has 0 radical (unpaired) electrons. The Hall–Kier alpha value is -4.12. The van der Waals surface area contributed by atoms with Gasteiger partial charge in [0.15, 0.2) is 0 Å². The van der Waals surface area contributed by atoms with E-state index in [0.717, 1.165) is 28.5 Å². The molecule has 0 aliphatic carbocycles. The lowest BCUT2D eigenvalue weighted by molar-refractivity contribution is -0.130. The predicted octanol–water partition coefficient (Wildman–Crippen LogP) is 6.16. The third kappa shape index (κ3) is 5.23. The summed E-state index contributed by atoms with van der Waals surface area (Å²) in [5.74, 6) is 0.415. The molecule has 0 amide bonds. The first-order chi connectivity index (χ1) is 14.5. The fraction of sp³-hybridized carbons (Fsp3) is 0.0400. The van der Waals surface area contributed by atoms with Crippen LogP contribution in [-0.4, -0.2) is 12.1 Å². The second-order valence-electron chi connectivity index (χ2n) is 6.43. The average Bonchev–Trinajstić information content (AvgIpc) is 2.75. The Kier molecular flexibility index (Phi) is 6.45. The van der Waals surface area contributed by atoms with Gasteiger partial charge in [0.1, 0.15) is 11.5 Å². The summed E-state index contributed by atoms with van der Waals surface area (Å²) in [6.07, 6.45) is 0.183. The van der Waals surface area contributed by atoms with Gasteiger partial charge in [-0.15, -0.1) is 0 Å². The molecule has 0 unspecified atom stereocenters. The van der Waals surface area contributed by atoms with Crippen LogP contribution < -0.4 is 9.47 Å². The first-order valence-electron chi connectivity index (χ1n) is 9.14. The topological polar surface area (TPSA) is 61.8 Å². The van der Waals surface area contributed by atoms with E-state index in [9.17, 15) is 9.59 Å². The van der Waals surface area contributed by atoms with Crippen LogP contribution in [0, 0.1) is 0 Å². The second kappa shape index (κ2) is 9.39. The Bertz CT molecular complexity index is 1060. The van der Waals surface area contributed by atoms with Gasteiger partial charge in [0.2, 0.25) is 0 Å². The molecule has 0 aliphatic rings. The van der Waals surface area contributed by atoms with Crippen molar-refractivity contribution in [2.45, 2.75) is 6.92 Å². The molecular formula is C25H20O5. The Morgan fingerprint density at radius 2 is 1.07 bits per heavy atom. The minimum Gasteiger partial charge on any atom is -0.423 e. The summed E-state index contributed by atoms with van der Waals surface area (Å²) in [4.78, 5) is 22.9. The van der Waals surface area contributed by atoms with Gasteiger partial charge in [0.25, 0.3) is 0 Å². The van der Waals surface area contributed by atoms with Crippen molar-refractivity contribution in [3.63, 3.8) is 0 Å². The standard InChI is InChI=1S/C25H20O5/c1-4-28-25(27)30-23-15-11-21(12-16-23)19-7-5-18(6-8-19)20-9-13-22(14-10-20)29-24(26)17(2)3/h4-16H,1-2H2,3H3. The smallest absolute Gasteiger partial charge is 0.423 e. The minimum absolute atomic E-state index is 0.353. The van der Waals surface area contributed by atoms with Crippen molar-refractivity contribution in [1.29, 1.82) is 0 Å². The van der Waals surface area contributed by atoms with Gasteiger partial charge < -0.3 is 14.2 Å². The first kappa shape index (κ1) is 20.6. The Labute approximate surface area is 174 Å². The zero-order chi connectivity index (χ0) is 21.5. The van der Waals surface area contributed by atoms with E-state index in [2.05, 4.69) is 17.9 Å². The lowest BCUT2D eigenvalue weighted by Gasteiger charge is -2.08. The molecule has 0 fully saturated rings. The zero-order valence-corrected chi connectivity index (χ0v) is 16.5. The number of hydrogen-bond acceptors (Lipinski definition) is 5. The second-order valence-corrected chi connectivity index (χ2v) is 6.43. The number of rotatable bonds is 6. The van der Waals surface area contributed by atoms with Gasteiger partial charge in [-0.05, 0) is 53.4 Å². The van der Waals surface area contributed by atoms with Gasteiger partial charge in [-0.25, -0.2) is 9.59 Å². The van der Waals surface area contributed by atoms with Crippen molar-refractivity contribution in [2.24, 2.45) is 0 Å². The van der Waals surface area contributed by atoms with Crippen LogP contribution in [0.2, 0.25) is 0 Å². The van der Waals surface area contributed by atoms with Gasteiger partial charge in [-0.2, -0.15) is 0 Å². The fourth-order valence-corrected chi connectivity index (χ4v) is 2.67. The van der Waals surface area contributed by atoms with E-state index in [4.69, 9.17) is 9.47 Å². The van der Waals surface area contributed by atoms with Crippen LogP contribution in [0.25, 0.3) is 22.3 Å². The lowest BCUT2D eigenvalue weighted by atomic mass is 10.0. The normalized spacial score (nSPS) is 10.0. The Morgan fingerprint density at radius 1 is 0.700 bits per heavy atom. The monoisotopic (exact) mass is 400 g/mol. The lowest BCUT2D eigenvalue weighted by Crippen LogP contribution is -2.07. The summed E-state index contributed by atoms with van der Waals surface area (Å²) in [7, 11) is 0. The van der Waals surface area contributed by atoms with Crippen LogP contribution >= 0.6 is 0 Å². The molecule has 0 saturated heterocycles. The Morgan fingerprint density at radius 3 is 1.43 bits per heavy atom. The van der Waals surface area contributed by atoms with Crippen molar-refractivity contribution in [3.8, 4) is 33.8 Å². The number of carbonyl (C=O) groups excluding carboxylic acids is 2. The van der Waals surface area contributed by atoms with Crippen molar-refractivity contribution in [2.75, 3.05) is 0 Å². The maximum atomic E-state index is 11.6. The highest BCUT2D eigenvalue weighted by molar-refractivity contribution is 5.88. The van der Waals surface area contributed by atoms with E-state index < -0.39 is 12.1 Å². The molecule has 3 rings (SSSR count). The highest BCUT2D eigenvalue weighted by Gasteiger charge is 2.07. The molecule has 5 heteroatoms. The summed E-state index contributed by atoms with van der Waals surface area (Å²) in [5, 5.41) is 0. The molecule has 150 valence electrons. The van der Waals surface area contributed by atoms with E-state index in [1.165, 1.54) is 0 Å². The van der Waals surface area contributed by atoms with Crippen LogP contribution in [0.4, 0.5) is 4.79 Å².